The molecule has 1 saturated heterocycles. The molecule has 1 aliphatic heterocycles. The number of ether oxygens (including phenoxy) is 1. The third-order valence-corrected chi connectivity index (χ3v) is 6.64. The summed E-state index contributed by atoms with van der Waals surface area (Å²) < 4.78 is 5.05. The van der Waals surface area contributed by atoms with Gasteiger partial charge in [-0.1, -0.05) is 30.1 Å². The predicted molar refractivity (Wildman–Crippen MR) is 124 cm³/mol. The van der Waals surface area contributed by atoms with E-state index in [0.717, 1.165) is 19.3 Å². The van der Waals surface area contributed by atoms with Crippen molar-refractivity contribution in [3.05, 3.63) is 58.1 Å². The highest BCUT2D eigenvalue weighted by atomic mass is 35.5. The van der Waals surface area contributed by atoms with E-state index >= 15 is 0 Å². The zero-order valence-electron chi connectivity index (χ0n) is 17.8. The lowest BCUT2D eigenvalue weighted by Gasteiger charge is -2.25. The Balaban J connectivity index is 1.36. The van der Waals surface area contributed by atoms with Gasteiger partial charge in [-0.05, 0) is 67.6 Å². The number of hydrogen-bond donors (Lipinski definition) is 1. The van der Waals surface area contributed by atoms with Crippen LogP contribution in [0.5, 0.6) is 0 Å². The number of imide groups is 1. The van der Waals surface area contributed by atoms with Crippen molar-refractivity contribution in [2.75, 3.05) is 16.8 Å². The van der Waals surface area contributed by atoms with E-state index in [9.17, 15) is 19.2 Å². The van der Waals surface area contributed by atoms with Crippen molar-refractivity contribution in [2.24, 2.45) is 17.8 Å². The first-order valence-corrected chi connectivity index (χ1v) is 11.4. The van der Waals surface area contributed by atoms with Crippen LogP contribution < -0.4 is 10.2 Å². The van der Waals surface area contributed by atoms with Gasteiger partial charge < -0.3 is 10.1 Å². The minimum Gasteiger partial charge on any atom is -0.452 e. The lowest BCUT2D eigenvalue weighted by Crippen LogP contribution is -2.30. The largest absolute Gasteiger partial charge is 0.452 e. The summed E-state index contributed by atoms with van der Waals surface area (Å²) in [6.07, 6.45) is 2.39. The van der Waals surface area contributed by atoms with Gasteiger partial charge in [0.2, 0.25) is 11.8 Å². The molecule has 0 aromatic heterocycles. The number of halogens is 2. The van der Waals surface area contributed by atoms with Crippen LogP contribution >= 0.6 is 23.2 Å². The molecule has 0 spiro atoms. The summed E-state index contributed by atoms with van der Waals surface area (Å²) in [5, 5.41) is 3.23. The second-order valence-electron chi connectivity index (χ2n) is 8.44. The molecule has 0 unspecified atom stereocenters. The maximum Gasteiger partial charge on any atom is 0.338 e. The summed E-state index contributed by atoms with van der Waals surface area (Å²) >= 11 is 11.8. The average molecular weight is 489 g/mol. The monoisotopic (exact) mass is 488 g/mol. The Morgan fingerprint density at radius 2 is 1.73 bits per heavy atom. The highest BCUT2D eigenvalue weighted by Gasteiger charge is 2.49. The molecular weight excluding hydrogens is 467 g/mol. The number of esters is 1. The molecule has 0 radical (unpaired) electrons. The van der Waals surface area contributed by atoms with Crippen molar-refractivity contribution < 1.29 is 23.9 Å². The van der Waals surface area contributed by atoms with Crippen LogP contribution in [0.3, 0.4) is 0 Å². The van der Waals surface area contributed by atoms with Crippen molar-refractivity contribution in [3.63, 3.8) is 0 Å². The van der Waals surface area contributed by atoms with E-state index in [-0.39, 0.29) is 34.2 Å². The predicted octanol–water partition coefficient (Wildman–Crippen LogP) is 4.71. The first-order valence-electron chi connectivity index (χ1n) is 10.6. The Kier molecular flexibility index (Phi) is 6.72. The van der Waals surface area contributed by atoms with Gasteiger partial charge in [-0.25, -0.2) is 4.79 Å². The molecule has 3 atom stereocenters. The molecule has 7 nitrogen and oxygen atoms in total. The Bertz CT molecular complexity index is 1120. The summed E-state index contributed by atoms with van der Waals surface area (Å²) in [4.78, 5) is 51.3. The van der Waals surface area contributed by atoms with E-state index in [1.807, 2.05) is 0 Å². The summed E-state index contributed by atoms with van der Waals surface area (Å²) in [6, 6.07) is 10.6. The molecule has 0 bridgehead atoms. The lowest BCUT2D eigenvalue weighted by atomic mass is 9.76. The number of nitrogens with zero attached hydrogens (tertiary/aromatic N) is 1. The van der Waals surface area contributed by atoms with Crippen LogP contribution in [0.25, 0.3) is 0 Å². The van der Waals surface area contributed by atoms with Crippen molar-refractivity contribution in [3.8, 4) is 0 Å². The van der Waals surface area contributed by atoms with E-state index < -0.39 is 18.5 Å². The summed E-state index contributed by atoms with van der Waals surface area (Å²) in [5.74, 6) is -1.72. The van der Waals surface area contributed by atoms with Gasteiger partial charge in [0.1, 0.15) is 0 Å². The highest BCUT2D eigenvalue weighted by Crippen LogP contribution is 2.42. The molecule has 1 aliphatic carbocycles. The first kappa shape index (κ1) is 23.3. The minimum absolute atomic E-state index is 0.176. The van der Waals surface area contributed by atoms with Crippen LogP contribution in [-0.4, -0.2) is 30.3 Å². The third-order valence-electron chi connectivity index (χ3n) is 6.09. The fraction of sp³-hybridized carbons (Fsp3) is 0.333. The summed E-state index contributed by atoms with van der Waals surface area (Å²) in [7, 11) is 0. The Morgan fingerprint density at radius 1 is 1.03 bits per heavy atom. The summed E-state index contributed by atoms with van der Waals surface area (Å²) in [6.45, 7) is 1.59. The number of nitrogens with one attached hydrogen (secondary N) is 1. The van der Waals surface area contributed by atoms with Crippen LogP contribution in [0.2, 0.25) is 10.0 Å². The van der Waals surface area contributed by atoms with Gasteiger partial charge in [0.15, 0.2) is 6.61 Å². The van der Waals surface area contributed by atoms with Gasteiger partial charge in [-0.3, -0.25) is 19.3 Å². The first-order chi connectivity index (χ1) is 15.7. The van der Waals surface area contributed by atoms with Crippen LogP contribution in [0.1, 0.15) is 36.5 Å². The minimum atomic E-state index is -0.708. The van der Waals surface area contributed by atoms with E-state index in [1.54, 1.807) is 24.3 Å². The van der Waals surface area contributed by atoms with Crippen LogP contribution in [0.15, 0.2) is 42.5 Å². The molecular formula is C24H22Cl2N2O5. The molecule has 1 N–H and O–H groups in total. The third kappa shape index (κ3) is 4.89. The van der Waals surface area contributed by atoms with Crippen molar-refractivity contribution in [2.45, 2.75) is 26.2 Å². The zero-order valence-corrected chi connectivity index (χ0v) is 19.4. The number of anilines is 2. The van der Waals surface area contributed by atoms with Crippen molar-refractivity contribution >= 4 is 58.3 Å². The number of hydrogen-bond acceptors (Lipinski definition) is 5. The maximum atomic E-state index is 12.8. The molecule has 9 heteroatoms. The van der Waals surface area contributed by atoms with E-state index in [0.29, 0.717) is 22.3 Å². The summed E-state index contributed by atoms with van der Waals surface area (Å²) in [5.41, 5.74) is 0.973. The lowest BCUT2D eigenvalue weighted by molar-refractivity contribution is -0.122. The van der Waals surface area contributed by atoms with Crippen molar-refractivity contribution in [1.82, 2.24) is 0 Å². The van der Waals surface area contributed by atoms with Gasteiger partial charge >= 0.3 is 5.97 Å². The topological polar surface area (TPSA) is 92.8 Å². The number of carbonyl (C=O) groups is 4. The highest BCUT2D eigenvalue weighted by molar-refractivity contribution is 6.36. The molecule has 1 heterocycles. The number of benzene rings is 2. The zero-order chi connectivity index (χ0) is 23.7. The second kappa shape index (κ2) is 9.53. The molecule has 33 heavy (non-hydrogen) atoms. The van der Waals surface area contributed by atoms with Gasteiger partial charge in [0.05, 0.1) is 33.8 Å². The van der Waals surface area contributed by atoms with Crippen LogP contribution in [0.4, 0.5) is 11.4 Å². The number of fused-ring (bicyclic) bond motifs is 1. The maximum absolute atomic E-state index is 12.8. The van der Waals surface area contributed by atoms with E-state index in [2.05, 4.69) is 12.2 Å². The molecule has 4 rings (SSSR count). The molecule has 2 aromatic carbocycles. The number of amides is 3. The van der Waals surface area contributed by atoms with E-state index in [1.165, 1.54) is 23.1 Å². The molecule has 172 valence electrons. The van der Waals surface area contributed by atoms with Gasteiger partial charge in [0, 0.05) is 5.02 Å². The Labute approximate surface area is 201 Å². The molecule has 2 aliphatic rings. The Hall–Kier alpha value is -2.90. The average Bonchev–Trinajstić information content (AvgIpc) is 3.03. The molecule has 1 saturated carbocycles. The molecule has 3 amide bonds. The standard InChI is InChI=1S/C24H22Cl2N2O5/c1-13-2-8-17-18(10-13)23(31)28(22(17)30)16-6-3-14(4-7-16)24(32)33-12-21(29)27-20-9-5-15(25)11-19(20)26/h3-7,9,11,13,17-18H,2,8,10,12H2,1H3,(H,27,29)/t13-,17+,18-/m1/s1. The number of rotatable bonds is 5. The molecule has 2 fully saturated rings. The van der Waals surface area contributed by atoms with Crippen LogP contribution in [0, 0.1) is 17.8 Å². The van der Waals surface area contributed by atoms with Gasteiger partial charge in [0.25, 0.3) is 5.91 Å². The number of carbonyl (C=O) groups excluding carboxylic acids is 4. The fourth-order valence-corrected chi connectivity index (χ4v) is 4.84. The Morgan fingerprint density at radius 3 is 2.42 bits per heavy atom. The molecule has 2 aromatic rings. The fourth-order valence-electron chi connectivity index (χ4n) is 4.38. The second-order valence-corrected chi connectivity index (χ2v) is 9.28. The quantitative estimate of drug-likeness (QED) is 0.485. The SMILES string of the molecule is C[C@@H]1CC[C@@H]2C(=O)N(c3ccc(C(=O)OCC(=O)Nc4ccc(Cl)cc4Cl)cc3)C(=O)[C@@H]2C1. The van der Waals surface area contributed by atoms with Crippen LogP contribution in [-0.2, 0) is 19.1 Å². The van der Waals surface area contributed by atoms with Crippen molar-refractivity contribution in [1.29, 1.82) is 0 Å². The normalized spacial score (nSPS) is 22.2. The van der Waals surface area contributed by atoms with E-state index in [4.69, 9.17) is 27.9 Å². The smallest absolute Gasteiger partial charge is 0.338 e. The van der Waals surface area contributed by atoms with Gasteiger partial charge in [-0.2, -0.15) is 0 Å². The van der Waals surface area contributed by atoms with Gasteiger partial charge in [-0.15, -0.1) is 0 Å².